The van der Waals surface area contributed by atoms with Gasteiger partial charge in [0.25, 0.3) is 5.91 Å². The SMILES string of the molecule is CCOc1ccc(-c2nc(NC(=O)COc3cccc(Br)c3)sc2C)cc1. The molecule has 0 fully saturated rings. The van der Waals surface area contributed by atoms with Gasteiger partial charge in [0.1, 0.15) is 11.5 Å². The van der Waals surface area contributed by atoms with Crippen LogP contribution in [0.3, 0.4) is 0 Å². The number of hydrogen-bond donors (Lipinski definition) is 1. The molecule has 0 aliphatic carbocycles. The summed E-state index contributed by atoms with van der Waals surface area (Å²) in [4.78, 5) is 17.7. The van der Waals surface area contributed by atoms with Crippen LogP contribution in [0.15, 0.2) is 53.0 Å². The number of nitrogens with one attached hydrogen (secondary N) is 1. The Kier molecular flexibility index (Phi) is 6.47. The van der Waals surface area contributed by atoms with Gasteiger partial charge in [-0.1, -0.05) is 22.0 Å². The zero-order valence-corrected chi connectivity index (χ0v) is 17.4. The van der Waals surface area contributed by atoms with Crippen LogP contribution in [0, 0.1) is 6.92 Å². The highest BCUT2D eigenvalue weighted by atomic mass is 79.9. The van der Waals surface area contributed by atoms with Crippen molar-refractivity contribution in [3.63, 3.8) is 0 Å². The number of amides is 1. The third-order valence-electron chi connectivity index (χ3n) is 3.65. The fourth-order valence-corrected chi connectivity index (χ4v) is 3.68. The predicted molar refractivity (Wildman–Crippen MR) is 112 cm³/mol. The lowest BCUT2D eigenvalue weighted by molar-refractivity contribution is -0.118. The molecule has 3 aromatic rings. The number of hydrogen-bond acceptors (Lipinski definition) is 5. The lowest BCUT2D eigenvalue weighted by Gasteiger charge is -2.06. The second-order valence-electron chi connectivity index (χ2n) is 5.68. The van der Waals surface area contributed by atoms with E-state index >= 15 is 0 Å². The molecule has 0 aliphatic heterocycles. The summed E-state index contributed by atoms with van der Waals surface area (Å²) in [6.07, 6.45) is 0. The van der Waals surface area contributed by atoms with Crippen LogP contribution in [0.4, 0.5) is 5.13 Å². The van der Waals surface area contributed by atoms with Crippen molar-refractivity contribution in [3.05, 3.63) is 57.9 Å². The van der Waals surface area contributed by atoms with Crippen molar-refractivity contribution in [1.82, 2.24) is 4.98 Å². The van der Waals surface area contributed by atoms with E-state index in [1.807, 2.05) is 56.3 Å². The number of ether oxygens (including phenoxy) is 2. The van der Waals surface area contributed by atoms with E-state index in [0.29, 0.717) is 17.5 Å². The molecule has 1 heterocycles. The lowest BCUT2D eigenvalue weighted by Crippen LogP contribution is -2.20. The minimum Gasteiger partial charge on any atom is -0.494 e. The van der Waals surface area contributed by atoms with Crippen LogP contribution in [-0.2, 0) is 4.79 Å². The molecule has 1 N–H and O–H groups in total. The zero-order valence-electron chi connectivity index (χ0n) is 15.0. The first kappa shape index (κ1) is 19.4. The van der Waals surface area contributed by atoms with Crippen molar-refractivity contribution in [1.29, 1.82) is 0 Å². The van der Waals surface area contributed by atoms with Crippen molar-refractivity contribution in [2.45, 2.75) is 13.8 Å². The van der Waals surface area contributed by atoms with E-state index in [1.54, 1.807) is 6.07 Å². The molecule has 7 heteroatoms. The highest BCUT2D eigenvalue weighted by Gasteiger charge is 2.13. The summed E-state index contributed by atoms with van der Waals surface area (Å²) in [6.45, 7) is 4.49. The standard InChI is InChI=1S/C20H19BrN2O3S/c1-3-25-16-9-7-14(8-10-16)19-13(2)27-20(23-19)22-18(24)12-26-17-6-4-5-15(21)11-17/h4-11H,3,12H2,1-2H3,(H,22,23,24). The summed E-state index contributed by atoms with van der Waals surface area (Å²) < 4.78 is 11.9. The van der Waals surface area contributed by atoms with Gasteiger partial charge in [0.2, 0.25) is 0 Å². The van der Waals surface area contributed by atoms with Crippen molar-refractivity contribution in [3.8, 4) is 22.8 Å². The highest BCUT2D eigenvalue weighted by molar-refractivity contribution is 9.10. The van der Waals surface area contributed by atoms with Gasteiger partial charge in [-0.05, 0) is 56.3 Å². The Balaban J connectivity index is 1.62. The van der Waals surface area contributed by atoms with Crippen LogP contribution in [-0.4, -0.2) is 24.1 Å². The molecule has 0 unspecified atom stereocenters. The summed E-state index contributed by atoms with van der Waals surface area (Å²) in [5, 5.41) is 3.35. The second kappa shape index (κ2) is 9.01. The summed E-state index contributed by atoms with van der Waals surface area (Å²) in [5.74, 6) is 1.21. The average Bonchev–Trinajstić information content (AvgIpc) is 3.01. The lowest BCUT2D eigenvalue weighted by atomic mass is 10.1. The minimum atomic E-state index is -0.248. The van der Waals surface area contributed by atoms with E-state index in [2.05, 4.69) is 26.2 Å². The van der Waals surface area contributed by atoms with Crippen LogP contribution in [0.25, 0.3) is 11.3 Å². The number of aromatic nitrogens is 1. The number of aryl methyl sites for hydroxylation is 1. The molecule has 0 saturated carbocycles. The first-order chi connectivity index (χ1) is 13.0. The van der Waals surface area contributed by atoms with E-state index in [1.165, 1.54) is 11.3 Å². The Morgan fingerprint density at radius 1 is 1.15 bits per heavy atom. The molecule has 27 heavy (non-hydrogen) atoms. The van der Waals surface area contributed by atoms with Crippen LogP contribution in [0.2, 0.25) is 0 Å². The summed E-state index contributed by atoms with van der Waals surface area (Å²) in [7, 11) is 0. The van der Waals surface area contributed by atoms with Crippen LogP contribution in [0.1, 0.15) is 11.8 Å². The molecular formula is C20H19BrN2O3S. The van der Waals surface area contributed by atoms with Crippen molar-refractivity contribution in [2.24, 2.45) is 0 Å². The molecule has 0 radical (unpaired) electrons. The molecule has 140 valence electrons. The maximum atomic E-state index is 12.1. The zero-order chi connectivity index (χ0) is 19.2. The fourth-order valence-electron chi connectivity index (χ4n) is 2.45. The third-order valence-corrected chi connectivity index (χ3v) is 5.03. The second-order valence-corrected chi connectivity index (χ2v) is 7.79. The Morgan fingerprint density at radius 3 is 2.63 bits per heavy atom. The highest BCUT2D eigenvalue weighted by Crippen LogP contribution is 2.31. The van der Waals surface area contributed by atoms with Crippen molar-refractivity contribution in [2.75, 3.05) is 18.5 Å². The molecule has 0 bridgehead atoms. The van der Waals surface area contributed by atoms with Gasteiger partial charge in [0.05, 0.1) is 12.3 Å². The fraction of sp³-hybridized carbons (Fsp3) is 0.200. The molecule has 1 aromatic heterocycles. The number of carbonyl (C=O) groups is 1. The number of anilines is 1. The van der Waals surface area contributed by atoms with E-state index in [9.17, 15) is 4.79 Å². The molecule has 0 atom stereocenters. The van der Waals surface area contributed by atoms with Crippen molar-refractivity contribution < 1.29 is 14.3 Å². The van der Waals surface area contributed by atoms with Gasteiger partial charge in [-0.2, -0.15) is 0 Å². The molecule has 0 aliphatic rings. The minimum absolute atomic E-state index is 0.0759. The van der Waals surface area contributed by atoms with Gasteiger partial charge in [-0.25, -0.2) is 4.98 Å². The quantitative estimate of drug-likeness (QED) is 0.534. The van der Waals surface area contributed by atoms with Crippen LogP contribution in [0.5, 0.6) is 11.5 Å². The number of thiazole rings is 1. The van der Waals surface area contributed by atoms with Gasteiger partial charge in [0.15, 0.2) is 11.7 Å². The molecule has 5 nitrogen and oxygen atoms in total. The predicted octanol–water partition coefficient (Wildman–Crippen LogP) is 5.30. The van der Waals surface area contributed by atoms with E-state index in [0.717, 1.165) is 26.4 Å². The monoisotopic (exact) mass is 446 g/mol. The van der Waals surface area contributed by atoms with E-state index in [4.69, 9.17) is 9.47 Å². The molecule has 0 saturated heterocycles. The summed E-state index contributed by atoms with van der Waals surface area (Å²) in [5.41, 5.74) is 1.84. The first-order valence-corrected chi connectivity index (χ1v) is 10.0. The largest absolute Gasteiger partial charge is 0.494 e. The van der Waals surface area contributed by atoms with Gasteiger partial charge in [-0.15, -0.1) is 11.3 Å². The molecular weight excluding hydrogens is 428 g/mol. The third kappa shape index (κ3) is 5.30. The Morgan fingerprint density at radius 2 is 1.93 bits per heavy atom. The maximum absolute atomic E-state index is 12.1. The van der Waals surface area contributed by atoms with E-state index in [-0.39, 0.29) is 12.5 Å². The van der Waals surface area contributed by atoms with Gasteiger partial charge in [0, 0.05) is 14.9 Å². The molecule has 1 amide bonds. The molecule has 3 rings (SSSR count). The van der Waals surface area contributed by atoms with Crippen LogP contribution >= 0.6 is 27.3 Å². The normalized spacial score (nSPS) is 10.5. The smallest absolute Gasteiger partial charge is 0.264 e. The Bertz CT molecular complexity index is 925. The molecule has 2 aromatic carbocycles. The average molecular weight is 447 g/mol. The molecule has 0 spiro atoms. The van der Waals surface area contributed by atoms with Crippen molar-refractivity contribution >= 4 is 38.3 Å². The van der Waals surface area contributed by atoms with Gasteiger partial charge >= 0.3 is 0 Å². The Hall–Kier alpha value is -2.38. The number of nitrogens with zero attached hydrogens (tertiary/aromatic N) is 1. The maximum Gasteiger partial charge on any atom is 0.264 e. The number of halogens is 1. The van der Waals surface area contributed by atoms with Crippen LogP contribution < -0.4 is 14.8 Å². The number of carbonyl (C=O) groups excluding carboxylic acids is 1. The topological polar surface area (TPSA) is 60.5 Å². The van der Waals surface area contributed by atoms with Gasteiger partial charge < -0.3 is 9.47 Å². The number of benzene rings is 2. The Labute approximate surface area is 170 Å². The van der Waals surface area contributed by atoms with E-state index < -0.39 is 0 Å². The summed E-state index contributed by atoms with van der Waals surface area (Å²) in [6, 6.07) is 15.1. The summed E-state index contributed by atoms with van der Waals surface area (Å²) >= 11 is 4.81. The first-order valence-electron chi connectivity index (χ1n) is 8.44. The number of rotatable bonds is 7. The van der Waals surface area contributed by atoms with Gasteiger partial charge in [-0.3, -0.25) is 10.1 Å².